The lowest BCUT2D eigenvalue weighted by Crippen LogP contribution is -2.00. The minimum atomic E-state index is 0.592. The first-order valence-electron chi connectivity index (χ1n) is 8.62. The van der Waals surface area contributed by atoms with Crippen LogP contribution in [-0.4, -0.2) is 9.55 Å². The first kappa shape index (κ1) is 16.6. The number of ether oxygens (including phenoxy) is 1. The highest BCUT2D eigenvalue weighted by atomic mass is 16.5. The topological polar surface area (TPSA) is 31.4 Å². The van der Waals surface area contributed by atoms with Crippen LogP contribution in [0.2, 0.25) is 0 Å². The summed E-state index contributed by atoms with van der Waals surface area (Å²) in [6.45, 7) is 7.68. The summed E-state index contributed by atoms with van der Waals surface area (Å²) in [5.41, 5.74) is 4.16. The Bertz CT molecular complexity index is 1060. The van der Waals surface area contributed by atoms with Gasteiger partial charge < -0.3 is 4.74 Å². The van der Waals surface area contributed by atoms with Crippen LogP contribution in [0.5, 0.6) is 11.6 Å². The number of imidazole rings is 1. The number of hydrogen-bond acceptors (Lipinski definition) is 2. The summed E-state index contributed by atoms with van der Waals surface area (Å²) in [7, 11) is 0. The maximum atomic E-state index is 7.01. The zero-order valence-electron chi connectivity index (χ0n) is 14.6. The van der Waals surface area contributed by atoms with E-state index >= 15 is 0 Å². The summed E-state index contributed by atoms with van der Waals surface area (Å²) in [5.74, 6) is 1.35. The van der Waals surface area contributed by atoms with E-state index in [-0.39, 0.29) is 0 Å². The maximum absolute atomic E-state index is 7.01. The van der Waals surface area contributed by atoms with Crippen molar-refractivity contribution in [1.82, 2.24) is 9.55 Å². The van der Waals surface area contributed by atoms with Crippen LogP contribution in [0.3, 0.4) is 0 Å². The molecule has 0 saturated carbocycles. The van der Waals surface area contributed by atoms with Crippen molar-refractivity contribution in [2.45, 2.75) is 6.54 Å². The summed E-state index contributed by atoms with van der Waals surface area (Å²) < 4.78 is 7.87. The van der Waals surface area contributed by atoms with E-state index in [4.69, 9.17) is 11.3 Å². The Morgan fingerprint density at radius 2 is 1.56 bits per heavy atom. The lowest BCUT2D eigenvalue weighted by Gasteiger charge is -2.10. The van der Waals surface area contributed by atoms with Gasteiger partial charge in [-0.15, -0.1) is 0 Å². The van der Waals surface area contributed by atoms with Gasteiger partial charge in [0.25, 0.3) is 0 Å². The third-order valence-electron chi connectivity index (χ3n) is 4.28. The van der Waals surface area contributed by atoms with Crippen molar-refractivity contribution < 1.29 is 4.74 Å². The van der Waals surface area contributed by atoms with Crippen LogP contribution in [0, 0.1) is 6.57 Å². The molecule has 0 aliphatic heterocycles. The monoisotopic (exact) mass is 351 g/mol. The molecule has 4 rings (SSSR count). The highest BCUT2D eigenvalue weighted by Gasteiger charge is 2.06. The van der Waals surface area contributed by atoms with Crippen LogP contribution in [0.25, 0.3) is 16.0 Å². The number of benzene rings is 3. The minimum Gasteiger partial charge on any atom is -0.439 e. The van der Waals surface area contributed by atoms with Crippen LogP contribution < -0.4 is 4.74 Å². The van der Waals surface area contributed by atoms with Crippen molar-refractivity contribution in [3.05, 3.63) is 108 Å². The van der Waals surface area contributed by atoms with E-state index in [1.54, 1.807) is 36.8 Å². The second-order valence-electron chi connectivity index (χ2n) is 6.13. The van der Waals surface area contributed by atoms with Crippen LogP contribution in [0.15, 0.2) is 91.4 Å². The summed E-state index contributed by atoms with van der Waals surface area (Å²) in [5, 5.41) is 0. The molecule has 0 aliphatic carbocycles. The highest BCUT2D eigenvalue weighted by Crippen LogP contribution is 2.25. The lowest BCUT2D eigenvalue weighted by atomic mass is 10.0. The number of hydrogen-bond donors (Lipinski definition) is 0. The Morgan fingerprint density at radius 3 is 2.26 bits per heavy atom. The molecule has 0 unspecified atom stereocenters. The minimum absolute atomic E-state index is 0.592. The molecule has 0 fully saturated rings. The Kier molecular flexibility index (Phi) is 4.67. The summed E-state index contributed by atoms with van der Waals surface area (Å²) in [6, 6.07) is 25.9. The van der Waals surface area contributed by atoms with Gasteiger partial charge in [0.15, 0.2) is 5.69 Å². The Balaban J connectivity index is 1.49. The average molecular weight is 351 g/mol. The van der Waals surface area contributed by atoms with Crippen molar-refractivity contribution in [1.29, 1.82) is 0 Å². The molecule has 0 N–H and O–H groups in total. The van der Waals surface area contributed by atoms with Gasteiger partial charge in [-0.3, -0.25) is 4.57 Å². The molecular weight excluding hydrogens is 334 g/mol. The van der Waals surface area contributed by atoms with E-state index in [1.165, 1.54) is 16.7 Å². The Labute approximate surface area is 158 Å². The summed E-state index contributed by atoms with van der Waals surface area (Å²) in [4.78, 5) is 7.59. The van der Waals surface area contributed by atoms with E-state index in [1.807, 2.05) is 22.8 Å². The van der Waals surface area contributed by atoms with Crippen LogP contribution in [-0.2, 0) is 6.54 Å². The molecule has 0 aliphatic rings. The van der Waals surface area contributed by atoms with Gasteiger partial charge in [0.05, 0.1) is 25.6 Å². The highest BCUT2D eigenvalue weighted by molar-refractivity contribution is 5.63. The van der Waals surface area contributed by atoms with Crippen molar-refractivity contribution in [2.75, 3.05) is 0 Å². The van der Waals surface area contributed by atoms with Crippen LogP contribution in [0.1, 0.15) is 5.56 Å². The number of nitrogens with zero attached hydrogens (tertiary/aromatic N) is 3. The molecule has 0 saturated heterocycles. The van der Waals surface area contributed by atoms with E-state index < -0.39 is 0 Å². The summed E-state index contributed by atoms with van der Waals surface area (Å²) in [6.07, 6.45) is 3.45. The molecule has 0 bridgehead atoms. The predicted molar refractivity (Wildman–Crippen MR) is 106 cm³/mol. The van der Waals surface area contributed by atoms with Crippen molar-refractivity contribution in [3.8, 4) is 22.8 Å². The smallest absolute Gasteiger partial charge is 0.219 e. The fourth-order valence-electron chi connectivity index (χ4n) is 2.85. The maximum Gasteiger partial charge on any atom is 0.219 e. The molecule has 3 aromatic carbocycles. The molecule has 4 aromatic rings. The molecule has 27 heavy (non-hydrogen) atoms. The quantitative estimate of drug-likeness (QED) is 0.417. The molecule has 1 heterocycles. The normalized spacial score (nSPS) is 10.3. The Hall–Kier alpha value is -3.84. The van der Waals surface area contributed by atoms with Crippen LogP contribution >= 0.6 is 0 Å². The fourth-order valence-corrected chi connectivity index (χ4v) is 2.85. The van der Waals surface area contributed by atoms with E-state index in [0.29, 0.717) is 23.9 Å². The van der Waals surface area contributed by atoms with Crippen molar-refractivity contribution in [2.24, 2.45) is 0 Å². The number of aromatic nitrogens is 2. The largest absolute Gasteiger partial charge is 0.439 e. The SMILES string of the molecule is [C-]#[N+]c1ccc(Oc2cncn2Cc2ccc(-c3ccccc3)cc2)cc1. The third-order valence-corrected chi connectivity index (χ3v) is 4.28. The van der Waals surface area contributed by atoms with E-state index in [0.717, 1.165) is 0 Å². The second kappa shape index (κ2) is 7.59. The molecule has 4 nitrogen and oxygen atoms in total. The predicted octanol–water partition coefficient (Wildman–Crippen LogP) is 5.94. The molecule has 0 atom stereocenters. The standard InChI is InChI=1S/C23H17N3O/c1-24-21-11-13-22(14-12-21)27-23-15-25-17-26(23)16-18-7-9-20(10-8-18)19-5-3-2-4-6-19/h2-15,17H,16H2. The van der Waals surface area contributed by atoms with Gasteiger partial charge in [-0.1, -0.05) is 66.7 Å². The molecule has 0 radical (unpaired) electrons. The zero-order valence-corrected chi connectivity index (χ0v) is 14.6. The van der Waals surface area contributed by atoms with Crippen molar-refractivity contribution >= 4 is 5.69 Å². The van der Waals surface area contributed by atoms with E-state index in [9.17, 15) is 0 Å². The molecule has 4 heteroatoms. The molecule has 0 amide bonds. The number of rotatable bonds is 5. The van der Waals surface area contributed by atoms with Gasteiger partial charge in [0.1, 0.15) is 5.75 Å². The fraction of sp³-hybridized carbons (Fsp3) is 0.0435. The van der Waals surface area contributed by atoms with Gasteiger partial charge >= 0.3 is 0 Å². The lowest BCUT2D eigenvalue weighted by molar-refractivity contribution is 0.436. The Morgan fingerprint density at radius 1 is 0.852 bits per heavy atom. The van der Waals surface area contributed by atoms with E-state index in [2.05, 4.69) is 46.2 Å². The molecule has 0 spiro atoms. The van der Waals surface area contributed by atoms with Gasteiger partial charge in [-0.05, 0) is 28.8 Å². The molecular formula is C23H17N3O. The average Bonchev–Trinajstić information content (AvgIpc) is 3.16. The zero-order chi connectivity index (χ0) is 18.5. The molecule has 1 aromatic heterocycles. The first-order chi connectivity index (χ1) is 13.3. The summed E-state index contributed by atoms with van der Waals surface area (Å²) >= 11 is 0. The van der Waals surface area contributed by atoms with Gasteiger partial charge in [0, 0.05) is 0 Å². The van der Waals surface area contributed by atoms with Crippen molar-refractivity contribution in [3.63, 3.8) is 0 Å². The third kappa shape index (κ3) is 3.88. The second-order valence-corrected chi connectivity index (χ2v) is 6.13. The van der Waals surface area contributed by atoms with Crippen LogP contribution in [0.4, 0.5) is 5.69 Å². The molecule has 130 valence electrons. The van der Waals surface area contributed by atoms with Gasteiger partial charge in [-0.25, -0.2) is 9.83 Å². The first-order valence-corrected chi connectivity index (χ1v) is 8.62. The van der Waals surface area contributed by atoms with Gasteiger partial charge in [-0.2, -0.15) is 0 Å². The van der Waals surface area contributed by atoms with Gasteiger partial charge in [0.2, 0.25) is 5.88 Å².